The van der Waals surface area contributed by atoms with Gasteiger partial charge in [0.1, 0.15) is 5.69 Å². The molecule has 0 amide bonds. The van der Waals surface area contributed by atoms with Gasteiger partial charge in [-0.2, -0.15) is 0 Å². The Morgan fingerprint density at radius 3 is 2.73 bits per heavy atom. The Hall–Kier alpha value is -2.34. The topological polar surface area (TPSA) is 71.7 Å². The highest BCUT2D eigenvalue weighted by Gasteiger charge is 2.06. The SMILES string of the molecule is CCNC(=NCc1cc(-c2ccccc2)on1)NCCOCCC(C)C. The Kier molecular flexibility index (Phi) is 8.69. The van der Waals surface area contributed by atoms with Crippen LogP contribution in [0.4, 0.5) is 0 Å². The molecule has 1 aromatic carbocycles. The quantitative estimate of drug-likeness (QED) is 0.387. The van der Waals surface area contributed by atoms with Gasteiger partial charge >= 0.3 is 0 Å². The zero-order chi connectivity index (χ0) is 18.6. The van der Waals surface area contributed by atoms with Crippen molar-refractivity contribution in [1.29, 1.82) is 0 Å². The van der Waals surface area contributed by atoms with Crippen molar-refractivity contribution in [2.45, 2.75) is 33.7 Å². The summed E-state index contributed by atoms with van der Waals surface area (Å²) in [5.74, 6) is 2.18. The van der Waals surface area contributed by atoms with E-state index in [1.807, 2.05) is 43.3 Å². The average molecular weight is 358 g/mol. The summed E-state index contributed by atoms with van der Waals surface area (Å²) in [6, 6.07) is 11.9. The van der Waals surface area contributed by atoms with Crippen molar-refractivity contribution in [1.82, 2.24) is 15.8 Å². The molecule has 0 aliphatic carbocycles. The molecule has 0 bridgehead atoms. The molecule has 0 atom stereocenters. The lowest BCUT2D eigenvalue weighted by Gasteiger charge is -2.11. The molecule has 6 heteroatoms. The van der Waals surface area contributed by atoms with Crippen LogP contribution >= 0.6 is 0 Å². The first-order valence-corrected chi connectivity index (χ1v) is 9.30. The molecule has 1 heterocycles. The normalized spacial score (nSPS) is 11.8. The summed E-state index contributed by atoms with van der Waals surface area (Å²) in [7, 11) is 0. The van der Waals surface area contributed by atoms with Gasteiger partial charge in [0.25, 0.3) is 0 Å². The van der Waals surface area contributed by atoms with Crippen molar-refractivity contribution in [3.05, 3.63) is 42.1 Å². The highest BCUT2D eigenvalue weighted by Crippen LogP contribution is 2.19. The number of rotatable bonds is 10. The zero-order valence-corrected chi connectivity index (χ0v) is 16.0. The van der Waals surface area contributed by atoms with Crippen molar-refractivity contribution < 1.29 is 9.26 Å². The molecule has 142 valence electrons. The van der Waals surface area contributed by atoms with Crippen molar-refractivity contribution in [3.63, 3.8) is 0 Å². The molecular weight excluding hydrogens is 328 g/mol. The molecule has 1 aromatic heterocycles. The van der Waals surface area contributed by atoms with Gasteiger partial charge in [0.2, 0.25) is 0 Å². The lowest BCUT2D eigenvalue weighted by atomic mass is 10.1. The van der Waals surface area contributed by atoms with Crippen molar-refractivity contribution in [3.8, 4) is 11.3 Å². The van der Waals surface area contributed by atoms with E-state index in [1.165, 1.54) is 0 Å². The van der Waals surface area contributed by atoms with Gasteiger partial charge in [-0.1, -0.05) is 49.3 Å². The number of nitrogens with one attached hydrogen (secondary N) is 2. The molecule has 2 N–H and O–H groups in total. The van der Waals surface area contributed by atoms with E-state index in [0.29, 0.717) is 19.1 Å². The van der Waals surface area contributed by atoms with Crippen LogP contribution in [0.25, 0.3) is 11.3 Å². The van der Waals surface area contributed by atoms with E-state index in [1.54, 1.807) is 0 Å². The fraction of sp³-hybridized carbons (Fsp3) is 0.500. The second-order valence-electron chi connectivity index (χ2n) is 6.47. The van der Waals surface area contributed by atoms with Crippen LogP contribution < -0.4 is 10.6 Å². The Labute approximate surface area is 156 Å². The van der Waals surface area contributed by atoms with Crippen LogP contribution in [-0.4, -0.2) is 37.4 Å². The summed E-state index contributed by atoms with van der Waals surface area (Å²) in [6.07, 6.45) is 1.09. The Balaban J connectivity index is 1.80. The van der Waals surface area contributed by atoms with E-state index in [2.05, 4.69) is 34.6 Å². The molecule has 0 radical (unpaired) electrons. The minimum absolute atomic E-state index is 0.458. The first kappa shape index (κ1) is 20.0. The van der Waals surface area contributed by atoms with E-state index < -0.39 is 0 Å². The summed E-state index contributed by atoms with van der Waals surface area (Å²) in [4.78, 5) is 4.55. The summed E-state index contributed by atoms with van der Waals surface area (Å²) < 4.78 is 11.0. The van der Waals surface area contributed by atoms with Gasteiger partial charge in [0.15, 0.2) is 11.7 Å². The standard InChI is InChI=1S/C20H30N4O2/c1-4-21-20(22-11-13-25-12-10-16(2)3)23-15-18-14-19(26-24-18)17-8-6-5-7-9-17/h5-9,14,16H,4,10-13,15H2,1-3H3,(H2,21,22,23). The van der Waals surface area contributed by atoms with E-state index in [9.17, 15) is 0 Å². The van der Waals surface area contributed by atoms with Crippen LogP contribution in [0.5, 0.6) is 0 Å². The fourth-order valence-electron chi connectivity index (χ4n) is 2.29. The van der Waals surface area contributed by atoms with Crippen molar-refractivity contribution >= 4 is 5.96 Å². The fourth-order valence-corrected chi connectivity index (χ4v) is 2.29. The molecule has 2 aromatic rings. The first-order valence-electron chi connectivity index (χ1n) is 9.30. The van der Waals surface area contributed by atoms with Crippen molar-refractivity contribution in [2.75, 3.05) is 26.3 Å². The number of aliphatic imine (C=N–C) groups is 1. The first-order chi connectivity index (χ1) is 12.7. The predicted octanol–water partition coefficient (Wildman–Crippen LogP) is 3.46. The van der Waals surface area contributed by atoms with Crippen LogP contribution in [0.2, 0.25) is 0 Å². The molecule has 0 unspecified atom stereocenters. The van der Waals surface area contributed by atoms with E-state index in [0.717, 1.165) is 49.1 Å². The molecular formula is C20H30N4O2. The second-order valence-corrected chi connectivity index (χ2v) is 6.47. The lowest BCUT2D eigenvalue weighted by molar-refractivity contribution is 0.128. The summed E-state index contributed by atoms with van der Waals surface area (Å²) in [5.41, 5.74) is 1.81. The minimum atomic E-state index is 0.458. The number of aromatic nitrogens is 1. The highest BCUT2D eigenvalue weighted by molar-refractivity contribution is 5.79. The molecule has 6 nitrogen and oxygen atoms in total. The molecule has 0 fully saturated rings. The van der Waals surface area contributed by atoms with Crippen molar-refractivity contribution in [2.24, 2.45) is 10.9 Å². The Morgan fingerprint density at radius 2 is 2.00 bits per heavy atom. The number of benzene rings is 1. The van der Waals surface area contributed by atoms with E-state index in [4.69, 9.17) is 9.26 Å². The third-order valence-corrected chi connectivity index (χ3v) is 3.74. The largest absolute Gasteiger partial charge is 0.380 e. The van der Waals surface area contributed by atoms with E-state index in [-0.39, 0.29) is 0 Å². The van der Waals surface area contributed by atoms with Gasteiger partial charge in [0.05, 0.1) is 13.2 Å². The number of ether oxygens (including phenoxy) is 1. The smallest absolute Gasteiger partial charge is 0.191 e. The Morgan fingerprint density at radius 1 is 1.19 bits per heavy atom. The van der Waals surface area contributed by atoms with Gasteiger partial charge in [0, 0.05) is 31.3 Å². The zero-order valence-electron chi connectivity index (χ0n) is 16.0. The maximum atomic E-state index is 5.62. The maximum Gasteiger partial charge on any atom is 0.191 e. The minimum Gasteiger partial charge on any atom is -0.380 e. The van der Waals surface area contributed by atoms with Gasteiger partial charge in [-0.25, -0.2) is 4.99 Å². The van der Waals surface area contributed by atoms with Crippen LogP contribution in [0.1, 0.15) is 32.9 Å². The summed E-state index contributed by atoms with van der Waals surface area (Å²) in [6.45, 7) is 9.88. The molecule has 2 rings (SSSR count). The predicted molar refractivity (Wildman–Crippen MR) is 105 cm³/mol. The van der Waals surface area contributed by atoms with Crippen LogP contribution in [0.15, 0.2) is 45.9 Å². The molecule has 0 saturated carbocycles. The second kappa shape index (κ2) is 11.3. The molecule has 0 aliphatic heterocycles. The summed E-state index contributed by atoms with van der Waals surface area (Å²) in [5, 5.41) is 10.6. The third kappa shape index (κ3) is 7.27. The van der Waals surface area contributed by atoms with Gasteiger partial charge in [-0.05, 0) is 19.3 Å². The number of nitrogens with zero attached hydrogens (tertiary/aromatic N) is 2. The van der Waals surface area contributed by atoms with Gasteiger partial charge in [-0.3, -0.25) is 0 Å². The van der Waals surface area contributed by atoms with Crippen LogP contribution in [0.3, 0.4) is 0 Å². The van der Waals surface area contributed by atoms with E-state index >= 15 is 0 Å². The summed E-state index contributed by atoms with van der Waals surface area (Å²) >= 11 is 0. The lowest BCUT2D eigenvalue weighted by Crippen LogP contribution is -2.39. The number of hydrogen-bond acceptors (Lipinski definition) is 4. The highest BCUT2D eigenvalue weighted by atomic mass is 16.5. The van der Waals surface area contributed by atoms with Gasteiger partial charge in [-0.15, -0.1) is 0 Å². The average Bonchev–Trinajstić information content (AvgIpc) is 3.12. The molecule has 0 saturated heterocycles. The van der Waals surface area contributed by atoms with Gasteiger partial charge < -0.3 is 19.9 Å². The monoisotopic (exact) mass is 358 g/mol. The van der Waals surface area contributed by atoms with Crippen LogP contribution in [-0.2, 0) is 11.3 Å². The molecule has 0 aliphatic rings. The maximum absolute atomic E-state index is 5.62. The molecule has 0 spiro atoms. The number of hydrogen-bond donors (Lipinski definition) is 2. The number of guanidine groups is 1. The molecule has 26 heavy (non-hydrogen) atoms. The third-order valence-electron chi connectivity index (χ3n) is 3.74. The van der Waals surface area contributed by atoms with Crippen LogP contribution in [0, 0.1) is 5.92 Å². The Bertz CT molecular complexity index is 653.